The lowest BCUT2D eigenvalue weighted by atomic mass is 9.68. The minimum atomic E-state index is -3.56. The Morgan fingerprint density at radius 1 is 0.833 bits per heavy atom. The van der Waals surface area contributed by atoms with Gasteiger partial charge in [0.05, 0.1) is 16.6 Å². The van der Waals surface area contributed by atoms with Crippen molar-refractivity contribution in [2.75, 3.05) is 5.75 Å². The van der Waals surface area contributed by atoms with Gasteiger partial charge in [0.25, 0.3) is 0 Å². The van der Waals surface area contributed by atoms with Gasteiger partial charge < -0.3 is 4.74 Å². The van der Waals surface area contributed by atoms with Gasteiger partial charge in [0.2, 0.25) is 0 Å². The fourth-order valence-corrected chi connectivity index (χ4v) is 7.83. The van der Waals surface area contributed by atoms with Gasteiger partial charge in [0.15, 0.2) is 9.84 Å². The van der Waals surface area contributed by atoms with Crippen LogP contribution in [-0.4, -0.2) is 25.7 Å². The molecule has 1 aromatic rings. The van der Waals surface area contributed by atoms with E-state index in [1.54, 1.807) is 12.1 Å². The standard InChI is InChI=1S/C31H52O4S/c1-6-28(29(32)35-30(3,4)5)31(25-36(33,34)27-21-19-26(2)20-22-27)23-17-15-13-11-9-7-8-10-12-14-16-18-24-31/h19-22,28H,6-18,23-25H2,1-5H3/t28-/m1/s1. The van der Waals surface area contributed by atoms with Crippen molar-refractivity contribution in [3.8, 4) is 0 Å². The number of hydrogen-bond donors (Lipinski definition) is 0. The Bertz CT molecular complexity index is 864. The summed E-state index contributed by atoms with van der Waals surface area (Å²) >= 11 is 0. The van der Waals surface area contributed by atoms with Crippen LogP contribution in [0.25, 0.3) is 0 Å². The minimum Gasteiger partial charge on any atom is -0.460 e. The molecule has 1 atom stereocenters. The van der Waals surface area contributed by atoms with Crippen LogP contribution in [0.4, 0.5) is 0 Å². The van der Waals surface area contributed by atoms with E-state index in [1.807, 2.05) is 46.8 Å². The molecule has 0 amide bonds. The normalized spacial score (nSPS) is 20.0. The van der Waals surface area contributed by atoms with Crippen molar-refractivity contribution in [3.05, 3.63) is 29.8 Å². The van der Waals surface area contributed by atoms with Crippen molar-refractivity contribution < 1.29 is 17.9 Å². The van der Waals surface area contributed by atoms with Gasteiger partial charge >= 0.3 is 5.97 Å². The minimum absolute atomic E-state index is 0.0147. The van der Waals surface area contributed by atoms with E-state index in [0.717, 1.165) is 44.1 Å². The van der Waals surface area contributed by atoms with Gasteiger partial charge in [-0.1, -0.05) is 102 Å². The van der Waals surface area contributed by atoms with E-state index in [2.05, 4.69) is 0 Å². The second kappa shape index (κ2) is 14.5. The number of aryl methyl sites for hydroxylation is 1. The van der Waals surface area contributed by atoms with Gasteiger partial charge in [-0.2, -0.15) is 0 Å². The fourth-order valence-electron chi connectivity index (χ4n) is 5.87. The SMILES string of the molecule is CC[C@H](C(=O)OC(C)(C)C)C1(CS(=O)(=O)c2ccc(C)cc2)CCCCCCCCCCCCCC1. The van der Waals surface area contributed by atoms with Crippen LogP contribution in [0.1, 0.15) is 130 Å². The third-order valence-corrected chi connectivity index (χ3v) is 9.74. The zero-order valence-electron chi connectivity index (χ0n) is 23.7. The smallest absolute Gasteiger partial charge is 0.310 e. The summed E-state index contributed by atoms with van der Waals surface area (Å²) in [5, 5.41) is 0. The number of benzene rings is 1. The molecule has 206 valence electrons. The predicted octanol–water partition coefficient (Wildman–Crippen LogP) is 8.60. The van der Waals surface area contributed by atoms with E-state index >= 15 is 0 Å². The average molecular weight is 521 g/mol. The van der Waals surface area contributed by atoms with Crippen LogP contribution in [0.5, 0.6) is 0 Å². The van der Waals surface area contributed by atoms with E-state index in [1.165, 1.54) is 51.4 Å². The van der Waals surface area contributed by atoms with Crippen LogP contribution in [0.2, 0.25) is 0 Å². The molecule has 1 saturated carbocycles. The third kappa shape index (κ3) is 10.2. The second-order valence-electron chi connectivity index (χ2n) is 12.2. The number of sulfone groups is 1. The highest BCUT2D eigenvalue weighted by Gasteiger charge is 2.46. The molecule has 2 rings (SSSR count). The van der Waals surface area contributed by atoms with Crippen molar-refractivity contribution in [2.24, 2.45) is 11.3 Å². The lowest BCUT2D eigenvalue weighted by molar-refractivity contribution is -0.165. The highest BCUT2D eigenvalue weighted by molar-refractivity contribution is 7.91. The molecule has 1 aromatic carbocycles. The van der Waals surface area contributed by atoms with Crippen molar-refractivity contribution in [2.45, 2.75) is 141 Å². The first-order valence-corrected chi connectivity index (χ1v) is 16.2. The summed E-state index contributed by atoms with van der Waals surface area (Å²) in [6.07, 6.45) is 16.3. The maximum atomic E-state index is 13.8. The molecule has 0 bridgehead atoms. The summed E-state index contributed by atoms with van der Waals surface area (Å²) in [7, 11) is -3.56. The molecule has 0 aliphatic heterocycles. The highest BCUT2D eigenvalue weighted by Crippen LogP contribution is 2.44. The number of rotatable bonds is 6. The molecule has 1 fully saturated rings. The molecule has 36 heavy (non-hydrogen) atoms. The Kier molecular flexibility index (Phi) is 12.5. The summed E-state index contributed by atoms with van der Waals surface area (Å²) in [5.41, 5.74) is -0.166. The number of esters is 1. The molecule has 0 heterocycles. The molecular weight excluding hydrogens is 468 g/mol. The molecular formula is C31H52O4S. The first-order valence-electron chi connectivity index (χ1n) is 14.5. The Morgan fingerprint density at radius 3 is 1.64 bits per heavy atom. The molecule has 1 aliphatic rings. The van der Waals surface area contributed by atoms with E-state index < -0.39 is 26.8 Å². The molecule has 0 radical (unpaired) electrons. The Hall–Kier alpha value is -1.36. The lowest BCUT2D eigenvalue weighted by Gasteiger charge is -2.40. The van der Waals surface area contributed by atoms with Crippen molar-refractivity contribution >= 4 is 15.8 Å². The van der Waals surface area contributed by atoms with Crippen LogP contribution in [0, 0.1) is 18.3 Å². The Balaban J connectivity index is 2.43. The quantitative estimate of drug-likeness (QED) is 0.352. The summed E-state index contributed by atoms with van der Waals surface area (Å²) in [5.74, 6) is -0.643. The number of ether oxygens (including phenoxy) is 1. The number of carbonyl (C=O) groups is 1. The zero-order valence-corrected chi connectivity index (χ0v) is 24.6. The van der Waals surface area contributed by atoms with Crippen LogP contribution >= 0.6 is 0 Å². The molecule has 5 heteroatoms. The summed E-state index contributed by atoms with van der Waals surface area (Å²) < 4.78 is 33.5. The Morgan fingerprint density at radius 2 is 1.25 bits per heavy atom. The first-order chi connectivity index (χ1) is 17.0. The maximum absolute atomic E-state index is 13.8. The van der Waals surface area contributed by atoms with Crippen molar-refractivity contribution in [1.82, 2.24) is 0 Å². The average Bonchev–Trinajstić information content (AvgIpc) is 2.79. The van der Waals surface area contributed by atoms with Crippen LogP contribution < -0.4 is 0 Å². The van der Waals surface area contributed by atoms with Crippen LogP contribution in [0.3, 0.4) is 0 Å². The fraction of sp³-hybridized carbons (Fsp3) is 0.774. The van der Waals surface area contributed by atoms with Crippen molar-refractivity contribution in [3.63, 3.8) is 0 Å². The molecule has 0 N–H and O–H groups in total. The van der Waals surface area contributed by atoms with Gasteiger partial charge in [0, 0.05) is 0 Å². The predicted molar refractivity (Wildman–Crippen MR) is 150 cm³/mol. The highest BCUT2D eigenvalue weighted by atomic mass is 32.2. The van der Waals surface area contributed by atoms with Gasteiger partial charge in [-0.25, -0.2) is 8.42 Å². The van der Waals surface area contributed by atoms with E-state index in [4.69, 9.17) is 4.74 Å². The summed E-state index contributed by atoms with van der Waals surface area (Å²) in [4.78, 5) is 13.9. The van der Waals surface area contributed by atoms with Gasteiger partial charge in [0.1, 0.15) is 5.60 Å². The zero-order chi connectivity index (χ0) is 26.7. The summed E-state index contributed by atoms with van der Waals surface area (Å²) in [6.45, 7) is 9.66. The van der Waals surface area contributed by atoms with Gasteiger partial charge in [-0.3, -0.25) is 4.79 Å². The van der Waals surface area contributed by atoms with Crippen LogP contribution in [0.15, 0.2) is 29.2 Å². The third-order valence-electron chi connectivity index (χ3n) is 7.80. The molecule has 0 aromatic heterocycles. The van der Waals surface area contributed by atoms with Crippen molar-refractivity contribution in [1.29, 1.82) is 0 Å². The molecule has 1 aliphatic carbocycles. The topological polar surface area (TPSA) is 60.4 Å². The number of carbonyl (C=O) groups excluding carboxylic acids is 1. The second-order valence-corrected chi connectivity index (χ2v) is 14.2. The van der Waals surface area contributed by atoms with E-state index in [-0.39, 0.29) is 11.7 Å². The van der Waals surface area contributed by atoms with Gasteiger partial charge in [-0.15, -0.1) is 0 Å². The Labute approximate surface area is 221 Å². The first kappa shape index (κ1) is 30.9. The van der Waals surface area contributed by atoms with Gasteiger partial charge in [-0.05, 0) is 64.5 Å². The molecule has 0 spiro atoms. The summed E-state index contributed by atoms with van der Waals surface area (Å²) in [6, 6.07) is 7.17. The largest absolute Gasteiger partial charge is 0.460 e. The van der Waals surface area contributed by atoms with E-state index in [0.29, 0.717) is 11.3 Å². The lowest BCUT2D eigenvalue weighted by Crippen LogP contribution is -2.44. The van der Waals surface area contributed by atoms with E-state index in [9.17, 15) is 13.2 Å². The molecule has 4 nitrogen and oxygen atoms in total. The number of hydrogen-bond acceptors (Lipinski definition) is 4. The molecule has 0 saturated heterocycles. The molecule has 0 unspecified atom stereocenters. The van der Waals surface area contributed by atoms with Crippen LogP contribution in [-0.2, 0) is 19.4 Å². The monoisotopic (exact) mass is 520 g/mol. The maximum Gasteiger partial charge on any atom is 0.310 e.